The minimum absolute atomic E-state index is 0.0681. The SMILES string of the molecule is C[C@]12CCC(=O)N1[C@H](C(=O)OCC(=O)Nc1cc(Cl)ccc1C#N)CS2. The van der Waals surface area contributed by atoms with Crippen molar-refractivity contribution >= 4 is 46.8 Å². The molecule has 1 aromatic carbocycles. The number of halogens is 1. The minimum atomic E-state index is -0.673. The van der Waals surface area contributed by atoms with Crippen molar-refractivity contribution < 1.29 is 19.1 Å². The van der Waals surface area contributed by atoms with Gasteiger partial charge in [0.2, 0.25) is 5.91 Å². The number of fused-ring (bicyclic) bond motifs is 1. The van der Waals surface area contributed by atoms with Gasteiger partial charge in [-0.25, -0.2) is 4.79 Å². The Morgan fingerprint density at radius 1 is 1.54 bits per heavy atom. The molecule has 26 heavy (non-hydrogen) atoms. The molecule has 2 heterocycles. The highest BCUT2D eigenvalue weighted by Gasteiger charge is 2.53. The molecule has 136 valence electrons. The number of esters is 1. The molecule has 0 saturated carbocycles. The van der Waals surface area contributed by atoms with Gasteiger partial charge in [0.05, 0.1) is 16.1 Å². The van der Waals surface area contributed by atoms with Crippen molar-refractivity contribution in [3.8, 4) is 6.07 Å². The number of nitrogens with zero attached hydrogens (tertiary/aromatic N) is 2. The van der Waals surface area contributed by atoms with Crippen LogP contribution in [0, 0.1) is 11.3 Å². The van der Waals surface area contributed by atoms with Crippen molar-refractivity contribution in [1.82, 2.24) is 4.90 Å². The predicted octanol–water partition coefficient (Wildman–Crippen LogP) is 2.15. The minimum Gasteiger partial charge on any atom is -0.454 e. The topological polar surface area (TPSA) is 99.5 Å². The molecule has 3 rings (SSSR count). The zero-order valence-electron chi connectivity index (χ0n) is 14.0. The van der Waals surface area contributed by atoms with Crippen molar-refractivity contribution in [2.45, 2.75) is 30.7 Å². The summed E-state index contributed by atoms with van der Waals surface area (Å²) in [6, 6.07) is 5.74. The van der Waals surface area contributed by atoms with Crippen LogP contribution in [0.5, 0.6) is 0 Å². The first-order chi connectivity index (χ1) is 12.3. The molecule has 2 aliphatic heterocycles. The molecule has 1 aromatic rings. The van der Waals surface area contributed by atoms with Gasteiger partial charge in [-0.3, -0.25) is 9.59 Å². The summed E-state index contributed by atoms with van der Waals surface area (Å²) in [5.74, 6) is -0.798. The van der Waals surface area contributed by atoms with Gasteiger partial charge in [-0.1, -0.05) is 11.6 Å². The fraction of sp³-hybridized carbons (Fsp3) is 0.412. The van der Waals surface area contributed by atoms with E-state index in [0.717, 1.165) is 0 Å². The number of ether oxygens (including phenoxy) is 1. The van der Waals surface area contributed by atoms with Crippen LogP contribution in [0.2, 0.25) is 5.02 Å². The summed E-state index contributed by atoms with van der Waals surface area (Å²) in [6.07, 6.45) is 1.12. The maximum atomic E-state index is 12.3. The number of thioether (sulfide) groups is 1. The molecule has 7 nitrogen and oxygen atoms in total. The average molecular weight is 394 g/mol. The van der Waals surface area contributed by atoms with Gasteiger partial charge in [0.1, 0.15) is 12.1 Å². The zero-order valence-corrected chi connectivity index (χ0v) is 15.5. The fourth-order valence-corrected chi connectivity index (χ4v) is 4.72. The molecule has 2 aliphatic rings. The number of nitriles is 1. The number of benzene rings is 1. The Kier molecular flexibility index (Phi) is 5.12. The Morgan fingerprint density at radius 2 is 2.31 bits per heavy atom. The van der Waals surface area contributed by atoms with Crippen molar-refractivity contribution in [3.05, 3.63) is 28.8 Å². The standard InChI is InChI=1S/C17H16ClN3O4S/c1-17-5-4-15(23)21(17)13(9-26-17)16(24)25-8-14(22)20-12-6-11(18)3-2-10(12)7-19/h2-3,6,13H,4-5,8-9H2,1H3,(H,20,22)/t13-,17-/m0/s1. The summed E-state index contributed by atoms with van der Waals surface area (Å²) >= 11 is 7.42. The highest BCUT2D eigenvalue weighted by atomic mass is 35.5. The van der Waals surface area contributed by atoms with E-state index in [1.54, 1.807) is 16.7 Å². The Morgan fingerprint density at radius 3 is 3.04 bits per heavy atom. The summed E-state index contributed by atoms with van der Waals surface area (Å²) in [6.45, 7) is 1.43. The number of rotatable bonds is 4. The Bertz CT molecular complexity index is 825. The zero-order chi connectivity index (χ0) is 18.9. The lowest BCUT2D eigenvalue weighted by atomic mass is 10.2. The number of nitrogens with one attached hydrogen (secondary N) is 1. The van der Waals surface area contributed by atoms with Gasteiger partial charge >= 0.3 is 5.97 Å². The predicted molar refractivity (Wildman–Crippen MR) is 96.5 cm³/mol. The van der Waals surface area contributed by atoms with Crippen molar-refractivity contribution in [3.63, 3.8) is 0 Å². The summed E-state index contributed by atoms with van der Waals surface area (Å²) in [4.78, 5) is 37.6. The smallest absolute Gasteiger partial charge is 0.330 e. The Labute approximate surface area is 159 Å². The van der Waals surface area contributed by atoms with Gasteiger partial charge in [-0.05, 0) is 31.5 Å². The van der Waals surface area contributed by atoms with Crippen molar-refractivity contribution in [2.75, 3.05) is 17.7 Å². The highest BCUT2D eigenvalue weighted by Crippen LogP contribution is 2.47. The summed E-state index contributed by atoms with van der Waals surface area (Å²) in [5, 5.41) is 11.9. The third-order valence-corrected chi connectivity index (χ3v) is 6.18. The number of hydrogen-bond acceptors (Lipinski definition) is 6. The largest absolute Gasteiger partial charge is 0.454 e. The highest BCUT2D eigenvalue weighted by molar-refractivity contribution is 8.01. The average Bonchev–Trinajstić information content (AvgIpc) is 3.09. The van der Waals surface area contributed by atoms with E-state index in [1.807, 2.05) is 13.0 Å². The van der Waals surface area contributed by atoms with Crippen LogP contribution in [0.25, 0.3) is 0 Å². The van der Waals surface area contributed by atoms with Crippen LogP contribution in [-0.2, 0) is 19.1 Å². The van der Waals surface area contributed by atoms with E-state index < -0.39 is 24.5 Å². The number of carbonyl (C=O) groups excluding carboxylic acids is 3. The monoisotopic (exact) mass is 393 g/mol. The normalized spacial score (nSPS) is 24.1. The van der Waals surface area contributed by atoms with Crippen LogP contribution in [0.4, 0.5) is 5.69 Å². The van der Waals surface area contributed by atoms with E-state index >= 15 is 0 Å². The quantitative estimate of drug-likeness (QED) is 0.787. The molecule has 2 saturated heterocycles. The molecule has 0 aliphatic carbocycles. The van der Waals surface area contributed by atoms with Gasteiger partial charge in [-0.15, -0.1) is 11.8 Å². The van der Waals surface area contributed by atoms with Crippen LogP contribution in [-0.4, -0.2) is 46.0 Å². The molecule has 0 unspecified atom stereocenters. The van der Waals surface area contributed by atoms with E-state index in [1.165, 1.54) is 18.2 Å². The summed E-state index contributed by atoms with van der Waals surface area (Å²) < 4.78 is 5.09. The van der Waals surface area contributed by atoms with Gasteiger partial charge in [0.15, 0.2) is 6.61 Å². The fourth-order valence-electron chi connectivity index (χ4n) is 3.13. The molecule has 9 heteroatoms. The van der Waals surface area contributed by atoms with Crippen LogP contribution in [0.15, 0.2) is 18.2 Å². The number of amides is 2. The number of hydrogen-bond donors (Lipinski definition) is 1. The summed E-state index contributed by atoms with van der Waals surface area (Å²) in [7, 11) is 0. The molecule has 1 N–H and O–H groups in total. The second-order valence-corrected chi connectivity index (χ2v) is 8.16. The Balaban J connectivity index is 1.59. The lowest BCUT2D eigenvalue weighted by molar-refractivity contribution is -0.155. The third-order valence-electron chi connectivity index (χ3n) is 4.44. The van der Waals surface area contributed by atoms with Crippen molar-refractivity contribution in [1.29, 1.82) is 5.26 Å². The van der Waals surface area contributed by atoms with E-state index in [2.05, 4.69) is 5.32 Å². The molecule has 0 aromatic heterocycles. The molecule has 0 bridgehead atoms. The van der Waals surface area contributed by atoms with E-state index in [9.17, 15) is 14.4 Å². The molecule has 0 spiro atoms. The maximum Gasteiger partial charge on any atom is 0.330 e. The number of anilines is 1. The van der Waals surface area contributed by atoms with E-state index in [-0.39, 0.29) is 22.0 Å². The second-order valence-electron chi connectivity index (χ2n) is 6.22. The first-order valence-electron chi connectivity index (χ1n) is 7.96. The van der Waals surface area contributed by atoms with Gasteiger partial charge < -0.3 is 15.0 Å². The molecular weight excluding hydrogens is 378 g/mol. The maximum absolute atomic E-state index is 12.3. The lowest BCUT2D eigenvalue weighted by Gasteiger charge is -2.29. The van der Waals surface area contributed by atoms with Gasteiger partial charge in [-0.2, -0.15) is 5.26 Å². The first-order valence-corrected chi connectivity index (χ1v) is 9.33. The molecule has 0 radical (unpaired) electrons. The molecule has 2 fully saturated rings. The third kappa shape index (κ3) is 3.50. The van der Waals surface area contributed by atoms with Crippen LogP contribution in [0.1, 0.15) is 25.3 Å². The van der Waals surface area contributed by atoms with E-state index in [0.29, 0.717) is 23.6 Å². The van der Waals surface area contributed by atoms with E-state index in [4.69, 9.17) is 21.6 Å². The van der Waals surface area contributed by atoms with Crippen molar-refractivity contribution in [2.24, 2.45) is 0 Å². The van der Waals surface area contributed by atoms with Gasteiger partial charge in [0.25, 0.3) is 5.91 Å². The first kappa shape index (κ1) is 18.5. The van der Waals surface area contributed by atoms with Crippen LogP contribution >= 0.6 is 23.4 Å². The van der Waals surface area contributed by atoms with Crippen LogP contribution in [0.3, 0.4) is 0 Å². The van der Waals surface area contributed by atoms with Gasteiger partial charge in [0, 0.05) is 17.2 Å². The summed E-state index contributed by atoms with van der Waals surface area (Å²) in [5.41, 5.74) is 0.500. The Hall–Kier alpha value is -2.24. The second kappa shape index (κ2) is 7.17. The number of carbonyl (C=O) groups is 3. The van der Waals surface area contributed by atoms with Crippen LogP contribution < -0.4 is 5.32 Å². The molecular formula is C17H16ClN3O4S. The lowest BCUT2D eigenvalue weighted by Crippen LogP contribution is -2.47. The molecule has 2 atom stereocenters. The molecule has 2 amide bonds.